The molecule has 0 unspecified atom stereocenters. The molecule has 0 saturated carbocycles. The topological polar surface area (TPSA) is 80.5 Å². The van der Waals surface area contributed by atoms with Gasteiger partial charge in [0.15, 0.2) is 5.13 Å². The van der Waals surface area contributed by atoms with Crippen molar-refractivity contribution in [3.63, 3.8) is 0 Å². The van der Waals surface area contributed by atoms with Gasteiger partial charge in [-0.1, -0.05) is 31.0 Å². The molecule has 0 aliphatic carbocycles. The number of carbonyl (C=O) groups is 1. The van der Waals surface area contributed by atoms with E-state index in [4.69, 9.17) is 9.15 Å². The Morgan fingerprint density at radius 1 is 1.27 bits per heavy atom. The molecular formula is C17H24N4O3SSi. The lowest BCUT2D eigenvalue weighted by atomic mass is 10.4. The standard InChI is InChI=1S/C17H24N4O3SSi/c1-26(2,3)16-11-18-15(24-16)5-4-13-10-19-17(25-13)20-14(22)12-21-6-8-23-9-7-21/h4-5,10-11H,6-9,12H2,1-3H3,(H,19,20,22)/b5-4+. The highest BCUT2D eigenvalue weighted by Crippen LogP contribution is 2.20. The van der Waals surface area contributed by atoms with Gasteiger partial charge in [0, 0.05) is 30.2 Å². The Labute approximate surface area is 158 Å². The fraction of sp³-hybridized carbons (Fsp3) is 0.471. The third-order valence-corrected chi connectivity index (χ3v) is 6.48. The van der Waals surface area contributed by atoms with Crippen molar-refractivity contribution in [2.75, 3.05) is 38.2 Å². The molecule has 1 fully saturated rings. The molecule has 0 aromatic carbocycles. The van der Waals surface area contributed by atoms with E-state index in [1.165, 1.54) is 11.3 Å². The normalized spacial score (nSPS) is 16.3. The molecule has 1 saturated heterocycles. The number of aromatic nitrogens is 2. The van der Waals surface area contributed by atoms with Gasteiger partial charge in [-0.3, -0.25) is 9.69 Å². The van der Waals surface area contributed by atoms with Gasteiger partial charge >= 0.3 is 0 Å². The Hall–Kier alpha value is -1.81. The Bertz CT molecular complexity index is 775. The largest absolute Gasteiger partial charge is 0.447 e. The van der Waals surface area contributed by atoms with Gasteiger partial charge in [0.2, 0.25) is 11.8 Å². The van der Waals surface area contributed by atoms with Gasteiger partial charge in [-0.25, -0.2) is 9.97 Å². The summed E-state index contributed by atoms with van der Waals surface area (Å²) in [5.74, 6) is 0.540. The summed E-state index contributed by atoms with van der Waals surface area (Å²) in [6.45, 7) is 9.95. The molecule has 1 N–H and O–H groups in total. The minimum atomic E-state index is -1.49. The van der Waals surface area contributed by atoms with E-state index in [-0.39, 0.29) is 5.91 Å². The zero-order valence-electron chi connectivity index (χ0n) is 15.3. The highest BCUT2D eigenvalue weighted by Gasteiger charge is 2.21. The molecule has 140 valence electrons. The predicted molar refractivity (Wildman–Crippen MR) is 106 cm³/mol. The fourth-order valence-electron chi connectivity index (χ4n) is 2.41. The summed E-state index contributed by atoms with van der Waals surface area (Å²) in [6, 6.07) is 0. The summed E-state index contributed by atoms with van der Waals surface area (Å²) in [4.78, 5) is 23.7. The van der Waals surface area contributed by atoms with Crippen LogP contribution in [0, 0.1) is 0 Å². The lowest BCUT2D eigenvalue weighted by Crippen LogP contribution is -2.41. The number of rotatable bonds is 6. The molecule has 3 rings (SSSR count). The average Bonchev–Trinajstić information content (AvgIpc) is 3.22. The van der Waals surface area contributed by atoms with Crippen LogP contribution in [-0.4, -0.2) is 61.7 Å². The highest BCUT2D eigenvalue weighted by molar-refractivity contribution is 7.16. The van der Waals surface area contributed by atoms with Crippen LogP contribution in [0.25, 0.3) is 12.2 Å². The number of anilines is 1. The molecule has 1 amide bonds. The Morgan fingerprint density at radius 2 is 2.04 bits per heavy atom. The van der Waals surface area contributed by atoms with E-state index < -0.39 is 8.07 Å². The summed E-state index contributed by atoms with van der Waals surface area (Å²) in [6.07, 6.45) is 7.27. The number of hydrogen-bond donors (Lipinski definition) is 1. The fourth-order valence-corrected chi connectivity index (χ4v) is 4.01. The van der Waals surface area contributed by atoms with Crippen molar-refractivity contribution < 1.29 is 13.9 Å². The molecule has 7 nitrogen and oxygen atoms in total. The second kappa shape index (κ2) is 8.25. The second-order valence-corrected chi connectivity index (χ2v) is 13.2. The molecule has 1 aliphatic rings. The van der Waals surface area contributed by atoms with Gasteiger partial charge in [0.1, 0.15) is 13.5 Å². The zero-order valence-corrected chi connectivity index (χ0v) is 17.1. The molecule has 0 atom stereocenters. The van der Waals surface area contributed by atoms with Crippen molar-refractivity contribution >= 4 is 48.0 Å². The first-order valence-corrected chi connectivity index (χ1v) is 12.9. The quantitative estimate of drug-likeness (QED) is 0.759. The van der Waals surface area contributed by atoms with Crippen LogP contribution in [0.5, 0.6) is 0 Å². The maximum absolute atomic E-state index is 12.1. The average molecular weight is 393 g/mol. The van der Waals surface area contributed by atoms with Crippen LogP contribution in [0.15, 0.2) is 16.8 Å². The van der Waals surface area contributed by atoms with Crippen molar-refractivity contribution in [1.29, 1.82) is 0 Å². The van der Waals surface area contributed by atoms with Gasteiger partial charge in [0.05, 0.1) is 26.0 Å². The van der Waals surface area contributed by atoms with Crippen LogP contribution in [-0.2, 0) is 9.53 Å². The summed E-state index contributed by atoms with van der Waals surface area (Å²) in [7, 11) is -1.49. The minimum Gasteiger partial charge on any atom is -0.447 e. The van der Waals surface area contributed by atoms with Gasteiger partial charge in [0.25, 0.3) is 0 Å². The molecule has 0 spiro atoms. The molecule has 3 heterocycles. The van der Waals surface area contributed by atoms with Crippen molar-refractivity contribution in [3.8, 4) is 0 Å². The maximum Gasteiger partial charge on any atom is 0.240 e. The number of nitrogens with zero attached hydrogens (tertiary/aromatic N) is 3. The first kappa shape index (κ1) is 19.0. The van der Waals surface area contributed by atoms with Crippen molar-refractivity contribution in [2.24, 2.45) is 0 Å². The Morgan fingerprint density at radius 3 is 2.73 bits per heavy atom. The molecule has 0 radical (unpaired) electrons. The highest BCUT2D eigenvalue weighted by atomic mass is 32.1. The third kappa shape index (κ3) is 5.34. The summed E-state index contributed by atoms with van der Waals surface area (Å²) in [5, 5.41) is 4.43. The number of hydrogen-bond acceptors (Lipinski definition) is 7. The zero-order chi connectivity index (χ0) is 18.6. The number of nitrogens with one attached hydrogen (secondary N) is 1. The van der Waals surface area contributed by atoms with Gasteiger partial charge in [-0.2, -0.15) is 0 Å². The minimum absolute atomic E-state index is 0.0516. The number of thiazole rings is 1. The van der Waals surface area contributed by atoms with E-state index in [0.29, 0.717) is 30.8 Å². The van der Waals surface area contributed by atoms with E-state index in [2.05, 4.69) is 39.8 Å². The van der Waals surface area contributed by atoms with Crippen LogP contribution in [0.4, 0.5) is 5.13 Å². The number of morpholine rings is 1. The van der Waals surface area contributed by atoms with E-state index >= 15 is 0 Å². The van der Waals surface area contributed by atoms with E-state index in [0.717, 1.165) is 23.4 Å². The molecule has 2 aromatic rings. The number of oxazole rings is 1. The van der Waals surface area contributed by atoms with E-state index in [9.17, 15) is 4.79 Å². The van der Waals surface area contributed by atoms with Crippen LogP contribution in [0.1, 0.15) is 10.8 Å². The Kier molecular flexibility index (Phi) is 6.02. The van der Waals surface area contributed by atoms with Crippen molar-refractivity contribution in [1.82, 2.24) is 14.9 Å². The monoisotopic (exact) mass is 392 g/mol. The van der Waals surface area contributed by atoms with Crippen LogP contribution in [0.2, 0.25) is 19.6 Å². The van der Waals surface area contributed by atoms with Gasteiger partial charge in [-0.05, 0) is 6.08 Å². The van der Waals surface area contributed by atoms with Gasteiger partial charge < -0.3 is 14.5 Å². The number of amides is 1. The van der Waals surface area contributed by atoms with Crippen molar-refractivity contribution in [2.45, 2.75) is 19.6 Å². The summed E-state index contributed by atoms with van der Waals surface area (Å²) >= 11 is 1.42. The first-order chi connectivity index (χ1) is 12.4. The molecule has 1 aliphatic heterocycles. The first-order valence-electron chi connectivity index (χ1n) is 8.60. The smallest absolute Gasteiger partial charge is 0.240 e. The molecule has 26 heavy (non-hydrogen) atoms. The third-order valence-electron chi connectivity index (χ3n) is 3.89. The number of carbonyl (C=O) groups excluding carboxylic acids is 1. The van der Waals surface area contributed by atoms with Crippen LogP contribution < -0.4 is 10.7 Å². The summed E-state index contributed by atoms with van der Waals surface area (Å²) < 4.78 is 11.1. The Balaban J connectivity index is 1.54. The van der Waals surface area contributed by atoms with Crippen molar-refractivity contribution in [3.05, 3.63) is 23.2 Å². The lowest BCUT2D eigenvalue weighted by molar-refractivity contribution is -0.118. The second-order valence-electron chi connectivity index (χ2n) is 7.15. The predicted octanol–water partition coefficient (Wildman–Crippen LogP) is 2.12. The molecule has 9 heteroatoms. The molecular weight excluding hydrogens is 368 g/mol. The molecule has 0 bridgehead atoms. The summed E-state index contributed by atoms with van der Waals surface area (Å²) in [5.41, 5.74) is 0. The van der Waals surface area contributed by atoms with E-state index in [1.54, 1.807) is 6.20 Å². The number of ether oxygens (including phenoxy) is 1. The van der Waals surface area contributed by atoms with Gasteiger partial charge in [-0.15, -0.1) is 0 Å². The van der Waals surface area contributed by atoms with Crippen LogP contribution >= 0.6 is 11.3 Å². The lowest BCUT2D eigenvalue weighted by Gasteiger charge is -2.25. The van der Waals surface area contributed by atoms with Crippen LogP contribution in [0.3, 0.4) is 0 Å². The molecule has 2 aromatic heterocycles. The maximum atomic E-state index is 12.1. The SMILES string of the molecule is C[Si](C)(C)c1cnc(/C=C/c2cnc(NC(=O)CN3CCOCC3)s2)o1. The van der Waals surface area contributed by atoms with E-state index in [1.807, 2.05) is 18.3 Å².